The number of fused-ring (bicyclic) bond motifs is 1. The third-order valence-corrected chi connectivity index (χ3v) is 4.74. The van der Waals surface area contributed by atoms with Crippen molar-refractivity contribution in [2.75, 3.05) is 13.1 Å². The minimum absolute atomic E-state index is 0.390. The monoisotopic (exact) mass is 255 g/mol. The van der Waals surface area contributed by atoms with Crippen molar-refractivity contribution in [3.05, 3.63) is 36.2 Å². The summed E-state index contributed by atoms with van der Waals surface area (Å²) in [6, 6.07) is 8.36. The molecule has 4 rings (SSSR count). The molecule has 98 valence electrons. The number of hydrogen-bond donors (Lipinski definition) is 0. The van der Waals surface area contributed by atoms with Crippen molar-refractivity contribution in [2.24, 2.45) is 5.41 Å². The van der Waals surface area contributed by atoms with Gasteiger partial charge in [-0.1, -0.05) is 6.07 Å². The number of likely N-dealkylation sites (tertiary alicyclic amines) is 1. The van der Waals surface area contributed by atoms with Crippen molar-refractivity contribution < 1.29 is 4.79 Å². The number of nitrogens with zero attached hydrogens (tertiary/aromatic N) is 3. The highest BCUT2D eigenvalue weighted by Crippen LogP contribution is 2.51. The summed E-state index contributed by atoms with van der Waals surface area (Å²) in [5.74, 6) is 0.564. The second kappa shape index (κ2) is 3.83. The lowest BCUT2D eigenvalue weighted by Gasteiger charge is -2.46. The summed E-state index contributed by atoms with van der Waals surface area (Å²) in [6.07, 6.45) is 6.60. The van der Waals surface area contributed by atoms with Crippen LogP contribution in [0, 0.1) is 5.41 Å². The smallest absolute Gasteiger partial charge is 0.209 e. The minimum Gasteiger partial charge on any atom is -0.344 e. The van der Waals surface area contributed by atoms with Gasteiger partial charge in [-0.05, 0) is 37.5 Å². The molecule has 0 N–H and O–H groups in total. The number of rotatable bonds is 2. The molecular weight excluding hydrogens is 238 g/mol. The van der Waals surface area contributed by atoms with E-state index in [2.05, 4.69) is 12.1 Å². The summed E-state index contributed by atoms with van der Waals surface area (Å²) in [4.78, 5) is 12.6. The summed E-state index contributed by atoms with van der Waals surface area (Å²) in [7, 11) is 0. The van der Waals surface area contributed by atoms with E-state index in [1.807, 2.05) is 27.7 Å². The quantitative estimate of drug-likeness (QED) is 0.770. The molecule has 1 saturated carbocycles. The summed E-state index contributed by atoms with van der Waals surface area (Å²) >= 11 is 0. The summed E-state index contributed by atoms with van der Waals surface area (Å²) in [5.41, 5.74) is 2.77. The molecule has 4 nitrogen and oxygen atoms in total. The first kappa shape index (κ1) is 11.0. The highest BCUT2D eigenvalue weighted by Gasteiger charge is 2.48. The van der Waals surface area contributed by atoms with Gasteiger partial charge in [0.1, 0.15) is 0 Å². The van der Waals surface area contributed by atoms with E-state index < -0.39 is 0 Å². The minimum atomic E-state index is 0.390. The van der Waals surface area contributed by atoms with Gasteiger partial charge in [-0.2, -0.15) is 5.10 Å². The Bertz CT molecular complexity index is 594. The van der Waals surface area contributed by atoms with E-state index >= 15 is 0 Å². The first-order chi connectivity index (χ1) is 9.28. The largest absolute Gasteiger partial charge is 0.344 e. The van der Waals surface area contributed by atoms with Gasteiger partial charge in [-0.25, -0.2) is 4.52 Å². The van der Waals surface area contributed by atoms with E-state index in [0.717, 1.165) is 19.5 Å². The van der Waals surface area contributed by atoms with Crippen LogP contribution in [0.15, 0.2) is 30.5 Å². The molecule has 1 saturated heterocycles. The summed E-state index contributed by atoms with van der Waals surface area (Å²) < 4.78 is 1.96. The SMILES string of the molecule is O=CN1CC2(CCC(c3cc4ccccn4n3)C2)C1. The van der Waals surface area contributed by atoms with Crippen molar-refractivity contribution in [1.29, 1.82) is 0 Å². The highest BCUT2D eigenvalue weighted by atomic mass is 16.1. The van der Waals surface area contributed by atoms with Crippen LogP contribution in [0.4, 0.5) is 0 Å². The van der Waals surface area contributed by atoms with Crippen molar-refractivity contribution in [3.8, 4) is 0 Å². The van der Waals surface area contributed by atoms with E-state index in [-0.39, 0.29) is 0 Å². The Morgan fingerprint density at radius 2 is 2.26 bits per heavy atom. The molecule has 2 aromatic heterocycles. The van der Waals surface area contributed by atoms with Crippen LogP contribution in [0.3, 0.4) is 0 Å². The van der Waals surface area contributed by atoms with Crippen LogP contribution < -0.4 is 0 Å². The fourth-order valence-electron chi connectivity index (χ4n) is 3.79. The maximum atomic E-state index is 10.7. The van der Waals surface area contributed by atoms with Gasteiger partial charge in [0.25, 0.3) is 0 Å². The number of amides is 1. The van der Waals surface area contributed by atoms with Crippen molar-refractivity contribution >= 4 is 11.9 Å². The van der Waals surface area contributed by atoms with Gasteiger partial charge in [-0.3, -0.25) is 4.79 Å². The molecule has 1 unspecified atom stereocenters. The number of pyridine rings is 1. The Kier molecular flexibility index (Phi) is 2.22. The molecule has 0 bridgehead atoms. The van der Waals surface area contributed by atoms with Crippen LogP contribution in [0.2, 0.25) is 0 Å². The number of carbonyl (C=O) groups is 1. The second-order valence-corrected chi connectivity index (χ2v) is 6.09. The molecule has 1 spiro atoms. The lowest BCUT2D eigenvalue weighted by molar-refractivity contribution is -0.129. The molecule has 2 aliphatic rings. The third kappa shape index (κ3) is 1.66. The van der Waals surface area contributed by atoms with Crippen LogP contribution in [0.5, 0.6) is 0 Å². The normalized spacial score (nSPS) is 24.8. The molecule has 2 fully saturated rings. The standard InChI is InChI=1S/C15H17N3O/c19-11-17-9-15(10-17)5-4-12(8-15)14-7-13-3-1-2-6-18(13)16-14/h1-3,6-7,11-12H,4-5,8-10H2. The maximum absolute atomic E-state index is 10.7. The summed E-state index contributed by atoms with van der Waals surface area (Å²) in [6.45, 7) is 1.89. The Labute approximate surface area is 112 Å². The van der Waals surface area contributed by atoms with Crippen LogP contribution in [0.1, 0.15) is 30.9 Å². The van der Waals surface area contributed by atoms with E-state index in [0.29, 0.717) is 11.3 Å². The molecule has 1 aliphatic heterocycles. The summed E-state index contributed by atoms with van der Waals surface area (Å²) in [5, 5.41) is 4.69. The average molecular weight is 255 g/mol. The number of hydrogen-bond acceptors (Lipinski definition) is 2. The van der Waals surface area contributed by atoms with Crippen LogP contribution in [-0.2, 0) is 4.79 Å². The topological polar surface area (TPSA) is 37.6 Å². The van der Waals surface area contributed by atoms with Gasteiger partial charge in [-0.15, -0.1) is 0 Å². The van der Waals surface area contributed by atoms with Crippen molar-refractivity contribution in [2.45, 2.75) is 25.2 Å². The fraction of sp³-hybridized carbons (Fsp3) is 0.467. The van der Waals surface area contributed by atoms with Gasteiger partial charge in [0, 0.05) is 30.6 Å². The highest BCUT2D eigenvalue weighted by molar-refractivity contribution is 5.50. The molecule has 19 heavy (non-hydrogen) atoms. The van der Waals surface area contributed by atoms with Crippen LogP contribution >= 0.6 is 0 Å². The van der Waals surface area contributed by atoms with E-state index in [1.165, 1.54) is 30.5 Å². The van der Waals surface area contributed by atoms with Gasteiger partial charge in [0.05, 0.1) is 11.2 Å². The lowest BCUT2D eigenvalue weighted by Crippen LogP contribution is -2.54. The molecule has 4 heteroatoms. The molecule has 2 aromatic rings. The van der Waals surface area contributed by atoms with E-state index in [1.54, 1.807) is 0 Å². The first-order valence-electron chi connectivity index (χ1n) is 6.92. The van der Waals surface area contributed by atoms with Crippen LogP contribution in [0.25, 0.3) is 5.52 Å². The van der Waals surface area contributed by atoms with Crippen molar-refractivity contribution in [3.63, 3.8) is 0 Å². The maximum Gasteiger partial charge on any atom is 0.209 e. The van der Waals surface area contributed by atoms with Gasteiger partial charge in [0.2, 0.25) is 6.41 Å². The number of aromatic nitrogens is 2. The van der Waals surface area contributed by atoms with Gasteiger partial charge in [0.15, 0.2) is 0 Å². The predicted molar refractivity (Wildman–Crippen MR) is 71.9 cm³/mol. The average Bonchev–Trinajstić information content (AvgIpc) is 3.00. The third-order valence-electron chi connectivity index (χ3n) is 4.74. The molecular formula is C15H17N3O. The molecule has 3 heterocycles. The molecule has 1 amide bonds. The molecule has 0 radical (unpaired) electrons. The molecule has 1 atom stereocenters. The zero-order valence-corrected chi connectivity index (χ0v) is 10.8. The van der Waals surface area contributed by atoms with E-state index in [9.17, 15) is 4.79 Å². The Morgan fingerprint density at radius 1 is 1.37 bits per heavy atom. The first-order valence-corrected chi connectivity index (χ1v) is 6.92. The van der Waals surface area contributed by atoms with Gasteiger partial charge >= 0.3 is 0 Å². The van der Waals surface area contributed by atoms with E-state index in [4.69, 9.17) is 5.10 Å². The zero-order chi connectivity index (χ0) is 12.9. The molecule has 0 aromatic carbocycles. The van der Waals surface area contributed by atoms with Gasteiger partial charge < -0.3 is 4.90 Å². The van der Waals surface area contributed by atoms with Crippen molar-refractivity contribution in [1.82, 2.24) is 14.5 Å². The zero-order valence-electron chi connectivity index (χ0n) is 10.8. The Hall–Kier alpha value is -1.84. The van der Waals surface area contributed by atoms with Crippen LogP contribution in [-0.4, -0.2) is 34.0 Å². The molecule has 1 aliphatic carbocycles. The fourth-order valence-corrected chi connectivity index (χ4v) is 3.79. The Balaban J connectivity index is 1.56. The number of carbonyl (C=O) groups excluding carboxylic acids is 1. The predicted octanol–water partition coefficient (Wildman–Crippen LogP) is 2.06. The second-order valence-electron chi connectivity index (χ2n) is 6.09. The lowest BCUT2D eigenvalue weighted by atomic mass is 9.78. The Morgan fingerprint density at radius 3 is 3.05 bits per heavy atom.